The number of aromatic nitrogens is 3. The molecule has 1 aliphatic rings. The van der Waals surface area contributed by atoms with E-state index in [1.165, 1.54) is 0 Å². The van der Waals surface area contributed by atoms with Gasteiger partial charge >= 0.3 is 0 Å². The summed E-state index contributed by atoms with van der Waals surface area (Å²) in [6.07, 6.45) is 7.07. The van der Waals surface area contributed by atoms with Crippen LogP contribution in [0.5, 0.6) is 5.75 Å². The smallest absolute Gasteiger partial charge is 0.255 e. The highest BCUT2D eigenvalue weighted by molar-refractivity contribution is 5.97. The monoisotopic (exact) mass is 353 g/mol. The first-order valence-electron chi connectivity index (χ1n) is 8.48. The van der Waals surface area contributed by atoms with Gasteiger partial charge in [0, 0.05) is 30.5 Å². The summed E-state index contributed by atoms with van der Waals surface area (Å²) < 4.78 is 1.84. The van der Waals surface area contributed by atoms with Gasteiger partial charge in [0.05, 0.1) is 24.1 Å². The number of nitrogens with one attached hydrogen (secondary N) is 2. The Hall–Kier alpha value is -3.13. The Morgan fingerprint density at radius 1 is 1.31 bits per heavy atom. The summed E-state index contributed by atoms with van der Waals surface area (Å²) >= 11 is 0. The van der Waals surface area contributed by atoms with E-state index in [4.69, 9.17) is 5.11 Å². The highest BCUT2D eigenvalue weighted by Gasteiger charge is 2.25. The van der Waals surface area contributed by atoms with Crippen LogP contribution in [-0.2, 0) is 0 Å². The second-order valence-corrected chi connectivity index (χ2v) is 6.24. The van der Waals surface area contributed by atoms with Gasteiger partial charge in [-0.25, -0.2) is 9.97 Å². The van der Waals surface area contributed by atoms with Gasteiger partial charge < -0.3 is 20.8 Å². The Bertz CT molecular complexity index is 965. The van der Waals surface area contributed by atoms with Gasteiger partial charge in [-0.05, 0) is 25.0 Å². The minimum atomic E-state index is -0.255. The Labute approximate surface area is 149 Å². The Kier molecular flexibility index (Phi) is 4.18. The van der Waals surface area contributed by atoms with E-state index < -0.39 is 0 Å². The van der Waals surface area contributed by atoms with Crippen LogP contribution in [0.25, 0.3) is 16.9 Å². The molecule has 3 aromatic rings. The van der Waals surface area contributed by atoms with E-state index in [1.807, 2.05) is 4.40 Å². The molecule has 0 aliphatic heterocycles. The molecule has 8 nitrogen and oxygen atoms in total. The molecule has 0 radical (unpaired) electrons. The molecule has 2 aromatic heterocycles. The van der Waals surface area contributed by atoms with E-state index in [9.17, 15) is 9.90 Å². The highest BCUT2D eigenvalue weighted by Crippen LogP contribution is 2.29. The number of nitrogens with zero attached hydrogens (tertiary/aromatic N) is 3. The van der Waals surface area contributed by atoms with Crippen molar-refractivity contribution in [3.8, 4) is 17.0 Å². The van der Waals surface area contributed by atoms with Crippen LogP contribution in [0.4, 0.5) is 5.82 Å². The third kappa shape index (κ3) is 3.06. The summed E-state index contributed by atoms with van der Waals surface area (Å²) in [5.41, 5.74) is 2.38. The predicted octanol–water partition coefficient (Wildman–Crippen LogP) is 1.40. The number of carbonyl (C=O) groups excluding carboxylic acids is 1. The van der Waals surface area contributed by atoms with Gasteiger partial charge in [0.1, 0.15) is 5.75 Å². The molecule has 8 heteroatoms. The standard InChI is InChI=1S/C18H19N5O3/c24-8-6-20-16-17-21-10-14(23(17)7-5-19-16)11-1-4-13(15(25)9-11)18(26)22-12-2-3-12/h1,4-5,7,9-10,12,24-25H,2-3,6,8H2,(H,19,20)(H,22,26). The lowest BCUT2D eigenvalue weighted by Gasteiger charge is -2.09. The van der Waals surface area contributed by atoms with Gasteiger partial charge in [-0.15, -0.1) is 0 Å². The van der Waals surface area contributed by atoms with Crippen LogP contribution in [0.3, 0.4) is 0 Å². The second-order valence-electron chi connectivity index (χ2n) is 6.24. The first kappa shape index (κ1) is 16.3. The molecule has 4 N–H and O–H groups in total. The number of benzene rings is 1. The number of hydrogen-bond acceptors (Lipinski definition) is 6. The van der Waals surface area contributed by atoms with E-state index in [1.54, 1.807) is 36.8 Å². The van der Waals surface area contributed by atoms with Crippen LogP contribution in [0.1, 0.15) is 23.2 Å². The summed E-state index contributed by atoms with van der Waals surface area (Å²) in [5, 5.41) is 25.1. The number of amides is 1. The van der Waals surface area contributed by atoms with Crippen LogP contribution in [-0.4, -0.2) is 49.7 Å². The van der Waals surface area contributed by atoms with E-state index in [0.29, 0.717) is 18.0 Å². The van der Waals surface area contributed by atoms with Crippen molar-refractivity contribution in [3.63, 3.8) is 0 Å². The molecule has 1 aromatic carbocycles. The number of imidazole rings is 1. The number of carbonyl (C=O) groups is 1. The summed E-state index contributed by atoms with van der Waals surface area (Å²) in [5.74, 6) is 0.245. The number of rotatable bonds is 6. The fourth-order valence-electron chi connectivity index (χ4n) is 2.81. The molecule has 26 heavy (non-hydrogen) atoms. The van der Waals surface area contributed by atoms with E-state index in [2.05, 4.69) is 20.6 Å². The summed E-state index contributed by atoms with van der Waals surface area (Å²) in [6, 6.07) is 5.20. The lowest BCUT2D eigenvalue weighted by atomic mass is 10.1. The molecular weight excluding hydrogens is 334 g/mol. The first-order chi connectivity index (χ1) is 12.7. The van der Waals surface area contributed by atoms with Crippen LogP contribution in [0, 0.1) is 0 Å². The van der Waals surface area contributed by atoms with Crippen molar-refractivity contribution in [3.05, 3.63) is 42.4 Å². The predicted molar refractivity (Wildman–Crippen MR) is 96.2 cm³/mol. The second kappa shape index (κ2) is 6.64. The van der Waals surface area contributed by atoms with Gasteiger partial charge in [-0.1, -0.05) is 6.07 Å². The number of anilines is 1. The molecule has 0 saturated heterocycles. The molecule has 0 atom stereocenters. The van der Waals surface area contributed by atoms with Crippen LogP contribution in [0.2, 0.25) is 0 Å². The number of aliphatic hydroxyl groups excluding tert-OH is 1. The lowest BCUT2D eigenvalue weighted by molar-refractivity contribution is 0.0948. The van der Waals surface area contributed by atoms with Crippen molar-refractivity contribution >= 4 is 17.4 Å². The maximum Gasteiger partial charge on any atom is 0.255 e. The molecule has 0 unspecified atom stereocenters. The molecule has 2 heterocycles. The van der Waals surface area contributed by atoms with Gasteiger partial charge in [0.25, 0.3) is 5.91 Å². The van der Waals surface area contributed by atoms with Gasteiger partial charge in [-0.3, -0.25) is 9.20 Å². The number of phenolic OH excluding ortho intramolecular Hbond substituents is 1. The third-order valence-corrected chi connectivity index (χ3v) is 4.28. The van der Waals surface area contributed by atoms with Gasteiger partial charge in [0.15, 0.2) is 11.5 Å². The lowest BCUT2D eigenvalue weighted by Crippen LogP contribution is -2.25. The number of fused-ring (bicyclic) bond motifs is 1. The zero-order chi connectivity index (χ0) is 18.1. The Morgan fingerprint density at radius 2 is 2.15 bits per heavy atom. The molecular formula is C18H19N5O3. The number of aliphatic hydroxyl groups is 1. The number of hydrogen-bond donors (Lipinski definition) is 4. The summed E-state index contributed by atoms with van der Waals surface area (Å²) in [6.45, 7) is 0.370. The van der Waals surface area contributed by atoms with Gasteiger partial charge in [-0.2, -0.15) is 0 Å². The maximum atomic E-state index is 12.1. The maximum absolute atomic E-state index is 12.1. The fourth-order valence-corrected chi connectivity index (χ4v) is 2.81. The van der Waals surface area contributed by atoms with Crippen LogP contribution < -0.4 is 10.6 Å². The Balaban J connectivity index is 1.67. The van der Waals surface area contributed by atoms with Crippen molar-refractivity contribution in [2.45, 2.75) is 18.9 Å². The average molecular weight is 353 g/mol. The SMILES string of the molecule is O=C(NC1CC1)c1ccc(-c2cnc3c(NCCO)nccn23)cc1O. The van der Waals surface area contributed by atoms with Crippen molar-refractivity contribution in [2.24, 2.45) is 0 Å². The topological polar surface area (TPSA) is 112 Å². The minimum absolute atomic E-state index is 0.00540. The zero-order valence-corrected chi connectivity index (χ0v) is 14.0. The van der Waals surface area contributed by atoms with E-state index in [0.717, 1.165) is 24.1 Å². The largest absolute Gasteiger partial charge is 0.507 e. The molecule has 0 spiro atoms. The molecule has 1 amide bonds. The molecule has 134 valence electrons. The average Bonchev–Trinajstić information content (AvgIpc) is 3.34. The number of aromatic hydroxyl groups is 1. The zero-order valence-electron chi connectivity index (χ0n) is 14.0. The quantitative estimate of drug-likeness (QED) is 0.533. The highest BCUT2D eigenvalue weighted by atomic mass is 16.3. The van der Waals surface area contributed by atoms with Crippen LogP contribution in [0.15, 0.2) is 36.8 Å². The van der Waals surface area contributed by atoms with Crippen molar-refractivity contribution in [1.82, 2.24) is 19.7 Å². The van der Waals surface area contributed by atoms with Crippen LogP contribution >= 0.6 is 0 Å². The Morgan fingerprint density at radius 3 is 2.88 bits per heavy atom. The van der Waals surface area contributed by atoms with Crippen molar-refractivity contribution in [1.29, 1.82) is 0 Å². The van der Waals surface area contributed by atoms with Gasteiger partial charge in [0.2, 0.25) is 0 Å². The van der Waals surface area contributed by atoms with Crippen molar-refractivity contribution < 1.29 is 15.0 Å². The third-order valence-electron chi connectivity index (χ3n) is 4.28. The molecule has 1 fully saturated rings. The molecule has 4 rings (SSSR count). The summed E-state index contributed by atoms with van der Waals surface area (Å²) in [7, 11) is 0. The van der Waals surface area contributed by atoms with Crippen molar-refractivity contribution in [2.75, 3.05) is 18.5 Å². The molecule has 0 bridgehead atoms. The van der Waals surface area contributed by atoms with E-state index >= 15 is 0 Å². The fraction of sp³-hybridized carbons (Fsp3) is 0.278. The molecule has 1 saturated carbocycles. The van der Waals surface area contributed by atoms with E-state index in [-0.39, 0.29) is 29.9 Å². The normalized spacial score (nSPS) is 13.7. The first-order valence-corrected chi connectivity index (χ1v) is 8.48. The molecule has 1 aliphatic carbocycles. The number of phenols is 1. The summed E-state index contributed by atoms with van der Waals surface area (Å²) in [4.78, 5) is 20.8. The minimum Gasteiger partial charge on any atom is -0.507 e.